The van der Waals surface area contributed by atoms with Crippen LogP contribution in [0, 0.1) is 5.41 Å². The molecule has 0 aliphatic rings. The van der Waals surface area contributed by atoms with Crippen molar-refractivity contribution in [2.75, 3.05) is 19.3 Å². The van der Waals surface area contributed by atoms with Gasteiger partial charge in [0.15, 0.2) is 0 Å². The molecule has 0 aliphatic carbocycles. The lowest BCUT2D eigenvalue weighted by Gasteiger charge is -2.36. The van der Waals surface area contributed by atoms with Gasteiger partial charge in [0.05, 0.1) is 11.2 Å². The Morgan fingerprint density at radius 3 is 2.06 bits per heavy atom. The smallest absolute Gasteiger partial charge is 0.227 e. The summed E-state index contributed by atoms with van der Waals surface area (Å²) in [5.74, 6) is -0.396. The molecule has 0 aromatic carbocycles. The predicted molar refractivity (Wildman–Crippen MR) is 67.9 cm³/mol. The molecule has 0 unspecified atom stereocenters. The minimum Gasteiger partial charge on any atom is -0.355 e. The average molecular weight is 265 g/mol. The number of nitrogens with two attached hydrogens (primary N) is 1. The van der Waals surface area contributed by atoms with Crippen molar-refractivity contribution in [1.29, 1.82) is 0 Å². The largest absolute Gasteiger partial charge is 0.355 e. The maximum atomic E-state index is 11.9. The minimum atomic E-state index is -3.29. The van der Waals surface area contributed by atoms with Gasteiger partial charge in [-0.2, -0.15) is 0 Å². The zero-order chi connectivity index (χ0) is 13.9. The first-order valence-corrected chi connectivity index (χ1v) is 7.07. The van der Waals surface area contributed by atoms with Gasteiger partial charge in [0.1, 0.15) is 0 Å². The van der Waals surface area contributed by atoms with Crippen molar-refractivity contribution in [2.45, 2.75) is 33.2 Å². The van der Waals surface area contributed by atoms with Crippen LogP contribution in [0.5, 0.6) is 0 Å². The molecule has 0 aromatic rings. The monoisotopic (exact) mass is 265 g/mol. The van der Waals surface area contributed by atoms with Gasteiger partial charge in [-0.05, 0) is 34.7 Å². The molecule has 4 N–H and O–H groups in total. The normalized spacial score (nSPS) is 13.5. The van der Waals surface area contributed by atoms with Gasteiger partial charge in [0.25, 0.3) is 0 Å². The molecule has 6 nitrogen and oxygen atoms in total. The average Bonchev–Trinajstić information content (AvgIpc) is 2.15. The van der Waals surface area contributed by atoms with Gasteiger partial charge in [-0.3, -0.25) is 4.79 Å². The Labute approximate surface area is 103 Å². The van der Waals surface area contributed by atoms with Gasteiger partial charge in [-0.25, -0.2) is 13.1 Å². The molecule has 0 spiro atoms. The van der Waals surface area contributed by atoms with Crippen molar-refractivity contribution in [2.24, 2.45) is 11.1 Å². The summed E-state index contributed by atoms with van der Waals surface area (Å²) in [6, 6.07) is 0. The first kappa shape index (κ1) is 16.3. The quantitative estimate of drug-likeness (QED) is 0.598. The van der Waals surface area contributed by atoms with E-state index in [2.05, 4.69) is 10.0 Å². The van der Waals surface area contributed by atoms with Gasteiger partial charge >= 0.3 is 0 Å². The second-order valence-corrected chi connectivity index (χ2v) is 7.17. The van der Waals surface area contributed by atoms with Crippen LogP contribution in [0.25, 0.3) is 0 Å². The highest BCUT2D eigenvalue weighted by molar-refractivity contribution is 7.89. The Kier molecular flexibility index (Phi) is 5.12. The highest BCUT2D eigenvalue weighted by atomic mass is 32.2. The van der Waals surface area contributed by atoms with E-state index >= 15 is 0 Å². The highest BCUT2D eigenvalue weighted by Crippen LogP contribution is 2.28. The molecule has 0 bridgehead atoms. The SMILES string of the molecule is CNS(=O)(=O)CCNC(=O)C(C)(C)C(C)(C)N. The second-order valence-electron chi connectivity index (χ2n) is 5.13. The molecule has 0 saturated carbocycles. The fourth-order valence-corrected chi connectivity index (χ4v) is 1.49. The zero-order valence-electron chi connectivity index (χ0n) is 11.1. The van der Waals surface area contributed by atoms with Crippen LogP contribution in [0.4, 0.5) is 0 Å². The molecular weight excluding hydrogens is 242 g/mol. The van der Waals surface area contributed by atoms with Crippen LogP contribution in [0.3, 0.4) is 0 Å². The molecule has 0 saturated heterocycles. The van der Waals surface area contributed by atoms with Gasteiger partial charge in [-0.15, -0.1) is 0 Å². The van der Waals surface area contributed by atoms with Crippen molar-refractivity contribution >= 4 is 15.9 Å². The molecule has 0 rings (SSSR count). The van der Waals surface area contributed by atoms with E-state index in [1.807, 2.05) is 0 Å². The number of carbonyl (C=O) groups is 1. The van der Waals surface area contributed by atoms with E-state index in [1.54, 1.807) is 27.7 Å². The number of hydrogen-bond donors (Lipinski definition) is 3. The molecule has 0 fully saturated rings. The van der Waals surface area contributed by atoms with Crippen molar-refractivity contribution in [3.8, 4) is 0 Å². The topological polar surface area (TPSA) is 101 Å². The molecule has 17 heavy (non-hydrogen) atoms. The van der Waals surface area contributed by atoms with Crippen molar-refractivity contribution in [3.63, 3.8) is 0 Å². The first-order valence-electron chi connectivity index (χ1n) is 5.42. The third kappa shape index (κ3) is 4.61. The van der Waals surface area contributed by atoms with Gasteiger partial charge in [0.2, 0.25) is 15.9 Å². The summed E-state index contributed by atoms with van der Waals surface area (Å²) >= 11 is 0. The minimum absolute atomic E-state index is 0.0709. The van der Waals surface area contributed by atoms with Gasteiger partial charge in [0, 0.05) is 12.1 Å². The molecular formula is C10H23N3O3S. The second kappa shape index (κ2) is 5.32. The van der Waals surface area contributed by atoms with E-state index in [0.29, 0.717) is 0 Å². The number of nitrogens with one attached hydrogen (secondary N) is 2. The lowest BCUT2D eigenvalue weighted by Crippen LogP contribution is -2.56. The van der Waals surface area contributed by atoms with Crippen molar-refractivity contribution < 1.29 is 13.2 Å². The molecule has 0 aliphatic heterocycles. The fourth-order valence-electron chi connectivity index (χ4n) is 0.915. The van der Waals surface area contributed by atoms with Crippen molar-refractivity contribution in [3.05, 3.63) is 0 Å². The summed E-state index contributed by atoms with van der Waals surface area (Å²) in [7, 11) is -1.95. The molecule has 0 radical (unpaired) electrons. The number of carbonyl (C=O) groups excluding carboxylic acids is 1. The Hall–Kier alpha value is -0.660. The van der Waals surface area contributed by atoms with E-state index in [0.717, 1.165) is 0 Å². The third-order valence-electron chi connectivity index (χ3n) is 3.15. The van der Waals surface area contributed by atoms with Crippen LogP contribution in [0.2, 0.25) is 0 Å². The summed E-state index contributed by atoms with van der Waals surface area (Å²) in [4.78, 5) is 11.9. The summed E-state index contributed by atoms with van der Waals surface area (Å²) in [5.41, 5.74) is 4.46. The molecule has 102 valence electrons. The molecule has 7 heteroatoms. The molecule has 0 heterocycles. The van der Waals surface area contributed by atoms with Gasteiger partial charge < -0.3 is 11.1 Å². The molecule has 1 amide bonds. The number of sulfonamides is 1. The van der Waals surface area contributed by atoms with E-state index in [4.69, 9.17) is 5.73 Å². The maximum absolute atomic E-state index is 11.9. The van der Waals surface area contributed by atoms with Gasteiger partial charge in [-0.1, -0.05) is 0 Å². The van der Waals surface area contributed by atoms with E-state index < -0.39 is 21.0 Å². The lowest BCUT2D eigenvalue weighted by molar-refractivity contribution is -0.132. The molecule has 0 aromatic heterocycles. The Bertz CT molecular complexity index is 369. The summed E-state index contributed by atoms with van der Waals surface area (Å²) in [6.07, 6.45) is 0. The number of hydrogen-bond acceptors (Lipinski definition) is 4. The van der Waals surface area contributed by atoms with Crippen LogP contribution in [0.15, 0.2) is 0 Å². The summed E-state index contributed by atoms with van der Waals surface area (Å²) < 4.78 is 24.5. The Balaban J connectivity index is 4.40. The van der Waals surface area contributed by atoms with Crippen LogP contribution < -0.4 is 15.8 Å². The zero-order valence-corrected chi connectivity index (χ0v) is 11.9. The van der Waals surface area contributed by atoms with E-state index in [1.165, 1.54) is 7.05 Å². The summed E-state index contributed by atoms with van der Waals surface area (Å²) in [5, 5.41) is 2.58. The van der Waals surface area contributed by atoms with E-state index in [-0.39, 0.29) is 18.2 Å². The third-order valence-corrected chi connectivity index (χ3v) is 4.51. The lowest BCUT2D eigenvalue weighted by atomic mass is 9.74. The first-order chi connectivity index (χ1) is 7.44. The maximum Gasteiger partial charge on any atom is 0.227 e. The number of amides is 1. The standard InChI is InChI=1S/C10H23N3O3S/c1-9(2,10(3,4)11)8(14)13-6-7-17(15,16)12-5/h12H,6-7,11H2,1-5H3,(H,13,14). The highest BCUT2D eigenvalue weighted by Gasteiger charge is 2.40. The van der Waals surface area contributed by atoms with E-state index in [9.17, 15) is 13.2 Å². The van der Waals surface area contributed by atoms with Crippen LogP contribution >= 0.6 is 0 Å². The summed E-state index contributed by atoms with van der Waals surface area (Å²) in [6.45, 7) is 7.05. The number of rotatable bonds is 6. The van der Waals surface area contributed by atoms with Crippen LogP contribution in [-0.2, 0) is 14.8 Å². The fraction of sp³-hybridized carbons (Fsp3) is 0.900. The Morgan fingerprint density at radius 1 is 1.24 bits per heavy atom. The van der Waals surface area contributed by atoms with Crippen LogP contribution in [0.1, 0.15) is 27.7 Å². The van der Waals surface area contributed by atoms with Crippen LogP contribution in [-0.4, -0.2) is 39.2 Å². The van der Waals surface area contributed by atoms with Crippen molar-refractivity contribution in [1.82, 2.24) is 10.0 Å². The predicted octanol–water partition coefficient (Wildman–Crippen LogP) is -0.585. The molecule has 0 atom stereocenters. The Morgan fingerprint density at radius 2 is 1.71 bits per heavy atom.